The number of hydrogen-bond acceptors (Lipinski definition) is 4. The first-order chi connectivity index (χ1) is 13.8. The molecule has 1 aliphatic heterocycles. The van der Waals surface area contributed by atoms with E-state index in [0.717, 1.165) is 18.2 Å². The van der Waals surface area contributed by atoms with Crippen LogP contribution in [0.2, 0.25) is 0 Å². The SMILES string of the molecule is COC(=O)c1ccc(CN2[C@H](C)CN(Cc3cc(F)c(F)cc3F)C[C@@H]2C)cc1. The Bertz CT molecular complexity index is 861. The highest BCUT2D eigenvalue weighted by atomic mass is 19.2. The van der Waals surface area contributed by atoms with E-state index in [1.54, 1.807) is 12.1 Å². The number of carbonyl (C=O) groups excluding carboxylic acids is 1. The Labute approximate surface area is 168 Å². The molecule has 1 saturated heterocycles. The van der Waals surface area contributed by atoms with Crippen LogP contribution in [0.3, 0.4) is 0 Å². The summed E-state index contributed by atoms with van der Waals surface area (Å²) in [6, 6.07) is 9.24. The number of halogens is 3. The van der Waals surface area contributed by atoms with Crippen LogP contribution in [0, 0.1) is 17.5 Å². The summed E-state index contributed by atoms with van der Waals surface area (Å²) in [6.45, 7) is 6.50. The van der Waals surface area contributed by atoms with Crippen LogP contribution in [0.4, 0.5) is 13.2 Å². The number of ether oxygens (including phenoxy) is 1. The summed E-state index contributed by atoms with van der Waals surface area (Å²) < 4.78 is 45.3. The van der Waals surface area contributed by atoms with E-state index in [9.17, 15) is 18.0 Å². The van der Waals surface area contributed by atoms with Gasteiger partial charge in [-0.3, -0.25) is 9.80 Å². The number of carbonyl (C=O) groups is 1. The number of hydrogen-bond donors (Lipinski definition) is 0. The molecule has 0 N–H and O–H groups in total. The lowest BCUT2D eigenvalue weighted by atomic mass is 10.0. The van der Waals surface area contributed by atoms with E-state index in [2.05, 4.69) is 23.6 Å². The van der Waals surface area contributed by atoms with Crippen molar-refractivity contribution in [1.82, 2.24) is 9.80 Å². The van der Waals surface area contributed by atoms with Crippen LogP contribution in [0.1, 0.15) is 35.3 Å². The largest absolute Gasteiger partial charge is 0.465 e. The molecule has 1 heterocycles. The third-order valence-electron chi connectivity index (χ3n) is 5.40. The molecule has 156 valence electrons. The van der Waals surface area contributed by atoms with Crippen molar-refractivity contribution in [2.45, 2.75) is 39.0 Å². The molecule has 4 nitrogen and oxygen atoms in total. The van der Waals surface area contributed by atoms with Crippen molar-refractivity contribution in [3.05, 3.63) is 70.5 Å². The summed E-state index contributed by atoms with van der Waals surface area (Å²) in [4.78, 5) is 16.0. The summed E-state index contributed by atoms with van der Waals surface area (Å²) >= 11 is 0. The molecule has 2 aromatic carbocycles. The van der Waals surface area contributed by atoms with Gasteiger partial charge in [-0.25, -0.2) is 18.0 Å². The van der Waals surface area contributed by atoms with E-state index in [1.165, 1.54) is 7.11 Å². The molecule has 0 unspecified atom stereocenters. The lowest BCUT2D eigenvalue weighted by Gasteiger charge is -2.44. The van der Waals surface area contributed by atoms with Gasteiger partial charge in [-0.2, -0.15) is 0 Å². The molecule has 2 aromatic rings. The lowest BCUT2D eigenvalue weighted by molar-refractivity contribution is 0.0285. The highest BCUT2D eigenvalue weighted by molar-refractivity contribution is 5.89. The van der Waals surface area contributed by atoms with Crippen molar-refractivity contribution in [3.63, 3.8) is 0 Å². The van der Waals surface area contributed by atoms with Gasteiger partial charge in [-0.15, -0.1) is 0 Å². The fraction of sp³-hybridized carbons (Fsp3) is 0.409. The van der Waals surface area contributed by atoms with Gasteiger partial charge in [-0.1, -0.05) is 12.1 Å². The second-order valence-corrected chi connectivity index (χ2v) is 7.61. The number of benzene rings is 2. The van der Waals surface area contributed by atoms with Gasteiger partial charge < -0.3 is 4.74 Å². The Hall–Kier alpha value is -2.38. The van der Waals surface area contributed by atoms with Gasteiger partial charge in [0.05, 0.1) is 12.7 Å². The zero-order valence-corrected chi connectivity index (χ0v) is 16.8. The lowest BCUT2D eigenvalue weighted by Crippen LogP contribution is -2.55. The van der Waals surface area contributed by atoms with Crippen LogP contribution in [-0.2, 0) is 17.8 Å². The van der Waals surface area contributed by atoms with E-state index >= 15 is 0 Å². The Morgan fingerprint density at radius 2 is 1.55 bits per heavy atom. The standard InChI is InChI=1S/C22H25F3N2O2/c1-14-10-26(13-18-8-20(24)21(25)9-19(18)23)11-15(2)27(14)12-16-4-6-17(7-5-16)22(28)29-3/h4-9,14-15H,10-13H2,1-3H3/t14-,15+. The van der Waals surface area contributed by atoms with Crippen LogP contribution < -0.4 is 0 Å². The average Bonchev–Trinajstić information content (AvgIpc) is 2.69. The van der Waals surface area contributed by atoms with Gasteiger partial charge in [0.1, 0.15) is 5.82 Å². The zero-order valence-electron chi connectivity index (χ0n) is 16.8. The minimum Gasteiger partial charge on any atom is -0.465 e. The molecule has 0 amide bonds. The number of piperazine rings is 1. The van der Waals surface area contributed by atoms with Crippen molar-refractivity contribution in [3.8, 4) is 0 Å². The normalized spacial score (nSPS) is 20.6. The van der Waals surface area contributed by atoms with Gasteiger partial charge in [0.15, 0.2) is 11.6 Å². The third-order valence-corrected chi connectivity index (χ3v) is 5.40. The first kappa shape index (κ1) is 21.3. The molecule has 0 radical (unpaired) electrons. The Balaban J connectivity index is 1.64. The minimum absolute atomic E-state index is 0.162. The van der Waals surface area contributed by atoms with E-state index in [1.807, 2.05) is 12.1 Å². The molecular weight excluding hydrogens is 381 g/mol. The highest BCUT2D eigenvalue weighted by Crippen LogP contribution is 2.22. The van der Waals surface area contributed by atoms with Gasteiger partial charge in [-0.05, 0) is 37.6 Å². The molecule has 2 atom stereocenters. The van der Waals surface area contributed by atoms with Crippen molar-refractivity contribution in [1.29, 1.82) is 0 Å². The Morgan fingerprint density at radius 1 is 0.966 bits per heavy atom. The Kier molecular flexibility index (Phi) is 6.59. The van der Waals surface area contributed by atoms with Crippen LogP contribution in [-0.4, -0.2) is 48.1 Å². The average molecular weight is 406 g/mol. The summed E-state index contributed by atoms with van der Waals surface area (Å²) in [5.74, 6) is -3.29. The fourth-order valence-electron chi connectivity index (χ4n) is 3.91. The maximum Gasteiger partial charge on any atom is 0.337 e. The van der Waals surface area contributed by atoms with Crippen LogP contribution in [0.15, 0.2) is 36.4 Å². The van der Waals surface area contributed by atoms with E-state index in [4.69, 9.17) is 4.74 Å². The van der Waals surface area contributed by atoms with Gasteiger partial charge in [0, 0.05) is 49.9 Å². The van der Waals surface area contributed by atoms with E-state index in [0.29, 0.717) is 24.7 Å². The van der Waals surface area contributed by atoms with Crippen LogP contribution in [0.5, 0.6) is 0 Å². The summed E-state index contributed by atoms with van der Waals surface area (Å²) in [5, 5.41) is 0. The molecule has 1 aliphatic rings. The second-order valence-electron chi connectivity index (χ2n) is 7.61. The van der Waals surface area contributed by atoms with Crippen LogP contribution in [0.25, 0.3) is 0 Å². The molecule has 0 saturated carbocycles. The van der Waals surface area contributed by atoms with E-state index < -0.39 is 17.5 Å². The van der Waals surface area contributed by atoms with Crippen molar-refractivity contribution < 1.29 is 22.7 Å². The molecule has 0 spiro atoms. The summed E-state index contributed by atoms with van der Waals surface area (Å²) in [7, 11) is 1.35. The van der Waals surface area contributed by atoms with E-state index in [-0.39, 0.29) is 30.2 Å². The molecular formula is C22H25F3N2O2. The van der Waals surface area contributed by atoms with Gasteiger partial charge in [0.2, 0.25) is 0 Å². The monoisotopic (exact) mass is 406 g/mol. The second kappa shape index (κ2) is 8.97. The van der Waals surface area contributed by atoms with Gasteiger partial charge in [0.25, 0.3) is 0 Å². The van der Waals surface area contributed by atoms with Crippen molar-refractivity contribution >= 4 is 5.97 Å². The first-order valence-electron chi connectivity index (χ1n) is 9.57. The predicted molar refractivity (Wildman–Crippen MR) is 104 cm³/mol. The quantitative estimate of drug-likeness (QED) is 0.555. The maximum absolute atomic E-state index is 14.0. The first-order valence-corrected chi connectivity index (χ1v) is 9.57. The molecule has 0 aromatic heterocycles. The van der Waals surface area contributed by atoms with Crippen molar-refractivity contribution in [2.24, 2.45) is 0 Å². The predicted octanol–water partition coefficient (Wildman–Crippen LogP) is 3.99. The number of methoxy groups -OCH3 is 1. The third kappa shape index (κ3) is 4.97. The fourth-order valence-corrected chi connectivity index (χ4v) is 3.91. The summed E-state index contributed by atoms with van der Waals surface area (Å²) in [6.07, 6.45) is 0. The molecule has 7 heteroatoms. The number of esters is 1. The molecule has 29 heavy (non-hydrogen) atoms. The number of nitrogens with zero attached hydrogens (tertiary/aromatic N) is 2. The molecule has 0 aliphatic carbocycles. The van der Waals surface area contributed by atoms with Crippen LogP contribution >= 0.6 is 0 Å². The van der Waals surface area contributed by atoms with Crippen molar-refractivity contribution in [2.75, 3.05) is 20.2 Å². The molecule has 3 rings (SSSR count). The highest BCUT2D eigenvalue weighted by Gasteiger charge is 2.30. The number of rotatable bonds is 5. The van der Waals surface area contributed by atoms with Gasteiger partial charge >= 0.3 is 5.97 Å². The zero-order chi connectivity index (χ0) is 21.1. The Morgan fingerprint density at radius 3 is 2.14 bits per heavy atom. The smallest absolute Gasteiger partial charge is 0.337 e. The minimum atomic E-state index is -1.17. The summed E-state index contributed by atoms with van der Waals surface area (Å²) in [5.41, 5.74) is 1.75. The molecule has 1 fully saturated rings. The maximum atomic E-state index is 14.0. The molecule has 0 bridgehead atoms. The topological polar surface area (TPSA) is 32.8 Å².